The average molecular weight is 223 g/mol. The molecule has 1 aliphatic heterocycles. The van der Waals surface area contributed by atoms with Gasteiger partial charge in [0.05, 0.1) is 0 Å². The number of nitrogens with zero attached hydrogens (tertiary/aromatic N) is 2. The first kappa shape index (κ1) is 10.9. The van der Waals surface area contributed by atoms with Crippen LogP contribution in [0.15, 0.2) is 12.3 Å². The summed E-state index contributed by atoms with van der Waals surface area (Å²) in [6, 6.07) is 2.05. The summed E-state index contributed by atoms with van der Waals surface area (Å²) in [4.78, 5) is 8.81. The normalized spacial score (nSPS) is 21.5. The molecule has 1 fully saturated rings. The van der Waals surface area contributed by atoms with Crippen LogP contribution < -0.4 is 5.73 Å². The standard InChI is InChI=1S/C11H17N3S/c12-5-3-11-13-6-4-10(14-11)9-2-1-7-15-8-9/h4,6,9H,1-3,5,7-8,12H2. The summed E-state index contributed by atoms with van der Waals surface area (Å²) in [7, 11) is 0. The third-order valence-corrected chi connectivity index (χ3v) is 3.89. The second-order valence-electron chi connectivity index (χ2n) is 3.85. The second-order valence-corrected chi connectivity index (χ2v) is 5.00. The molecule has 2 N–H and O–H groups in total. The van der Waals surface area contributed by atoms with Gasteiger partial charge in [0.25, 0.3) is 0 Å². The van der Waals surface area contributed by atoms with E-state index < -0.39 is 0 Å². The van der Waals surface area contributed by atoms with Crippen LogP contribution in [0, 0.1) is 0 Å². The first-order chi connectivity index (χ1) is 7.40. The molecule has 2 rings (SSSR count). The molecule has 0 amide bonds. The van der Waals surface area contributed by atoms with Crippen molar-refractivity contribution in [1.29, 1.82) is 0 Å². The van der Waals surface area contributed by atoms with Crippen molar-refractivity contribution in [2.45, 2.75) is 25.2 Å². The summed E-state index contributed by atoms with van der Waals surface area (Å²) in [6.45, 7) is 0.628. The lowest BCUT2D eigenvalue weighted by atomic mass is 10.0. The maximum Gasteiger partial charge on any atom is 0.129 e. The van der Waals surface area contributed by atoms with Crippen LogP contribution >= 0.6 is 11.8 Å². The first-order valence-corrected chi connectivity index (χ1v) is 6.65. The van der Waals surface area contributed by atoms with Crippen molar-refractivity contribution in [1.82, 2.24) is 9.97 Å². The van der Waals surface area contributed by atoms with Crippen LogP contribution in [0.4, 0.5) is 0 Å². The molecule has 1 aromatic heterocycles. The molecule has 1 unspecified atom stereocenters. The molecule has 0 aromatic carbocycles. The smallest absolute Gasteiger partial charge is 0.129 e. The number of nitrogens with two attached hydrogens (primary N) is 1. The van der Waals surface area contributed by atoms with Gasteiger partial charge in [-0.2, -0.15) is 11.8 Å². The zero-order valence-electron chi connectivity index (χ0n) is 8.85. The van der Waals surface area contributed by atoms with Gasteiger partial charge in [0.2, 0.25) is 0 Å². The largest absolute Gasteiger partial charge is 0.330 e. The van der Waals surface area contributed by atoms with Gasteiger partial charge in [-0.15, -0.1) is 0 Å². The molecular weight excluding hydrogens is 206 g/mol. The highest BCUT2D eigenvalue weighted by Gasteiger charge is 2.17. The molecule has 1 aliphatic rings. The molecule has 1 aromatic rings. The summed E-state index contributed by atoms with van der Waals surface area (Å²) in [6.07, 6.45) is 5.23. The molecule has 4 heteroatoms. The monoisotopic (exact) mass is 223 g/mol. The number of thioether (sulfide) groups is 1. The zero-order chi connectivity index (χ0) is 10.5. The van der Waals surface area contributed by atoms with Crippen LogP contribution in [0.1, 0.15) is 30.3 Å². The lowest BCUT2D eigenvalue weighted by Gasteiger charge is -2.20. The first-order valence-electron chi connectivity index (χ1n) is 5.50. The molecule has 1 atom stereocenters. The highest BCUT2D eigenvalue weighted by Crippen LogP contribution is 2.29. The highest BCUT2D eigenvalue weighted by atomic mass is 32.2. The van der Waals surface area contributed by atoms with E-state index in [4.69, 9.17) is 5.73 Å². The van der Waals surface area contributed by atoms with Crippen LogP contribution in [0.25, 0.3) is 0 Å². The van der Waals surface area contributed by atoms with Gasteiger partial charge in [-0.05, 0) is 31.2 Å². The van der Waals surface area contributed by atoms with Crippen LogP contribution in [0.2, 0.25) is 0 Å². The summed E-state index contributed by atoms with van der Waals surface area (Å²) < 4.78 is 0. The third-order valence-electron chi connectivity index (χ3n) is 2.67. The molecule has 3 nitrogen and oxygen atoms in total. The highest BCUT2D eigenvalue weighted by molar-refractivity contribution is 7.99. The van der Waals surface area contributed by atoms with Crippen LogP contribution in [0.3, 0.4) is 0 Å². The predicted octanol–water partition coefficient (Wildman–Crippen LogP) is 1.59. The minimum Gasteiger partial charge on any atom is -0.330 e. The van der Waals surface area contributed by atoms with Gasteiger partial charge in [0, 0.05) is 30.0 Å². The van der Waals surface area contributed by atoms with Gasteiger partial charge in [-0.3, -0.25) is 0 Å². The van der Waals surface area contributed by atoms with E-state index >= 15 is 0 Å². The summed E-state index contributed by atoms with van der Waals surface area (Å²) in [5.74, 6) is 4.03. The van der Waals surface area contributed by atoms with Gasteiger partial charge in [-0.1, -0.05) is 0 Å². The van der Waals surface area contributed by atoms with E-state index in [1.165, 1.54) is 30.0 Å². The second kappa shape index (κ2) is 5.47. The van der Waals surface area contributed by atoms with Crippen molar-refractivity contribution in [2.24, 2.45) is 5.73 Å². The van der Waals surface area contributed by atoms with Crippen molar-refractivity contribution in [3.63, 3.8) is 0 Å². The van der Waals surface area contributed by atoms with E-state index in [2.05, 4.69) is 16.0 Å². The lowest BCUT2D eigenvalue weighted by Crippen LogP contribution is -2.13. The Morgan fingerprint density at radius 2 is 2.47 bits per heavy atom. The van der Waals surface area contributed by atoms with Crippen molar-refractivity contribution >= 4 is 11.8 Å². The van der Waals surface area contributed by atoms with E-state index in [1.807, 2.05) is 18.0 Å². The minimum atomic E-state index is 0.628. The molecule has 15 heavy (non-hydrogen) atoms. The molecule has 0 bridgehead atoms. The van der Waals surface area contributed by atoms with Crippen LogP contribution in [0.5, 0.6) is 0 Å². The Labute approximate surface area is 94.9 Å². The van der Waals surface area contributed by atoms with Crippen molar-refractivity contribution < 1.29 is 0 Å². The molecular formula is C11H17N3S. The Morgan fingerprint density at radius 1 is 1.53 bits per heavy atom. The maximum atomic E-state index is 5.50. The zero-order valence-corrected chi connectivity index (χ0v) is 9.67. The minimum absolute atomic E-state index is 0.628. The molecule has 0 radical (unpaired) electrons. The Bertz CT molecular complexity index is 310. The van der Waals surface area contributed by atoms with E-state index in [1.54, 1.807) is 0 Å². The van der Waals surface area contributed by atoms with E-state index in [0.717, 1.165) is 12.2 Å². The summed E-state index contributed by atoms with van der Waals surface area (Å²) >= 11 is 2.03. The summed E-state index contributed by atoms with van der Waals surface area (Å²) in [5.41, 5.74) is 6.71. The fourth-order valence-electron chi connectivity index (χ4n) is 1.87. The van der Waals surface area contributed by atoms with Crippen LogP contribution in [-0.2, 0) is 6.42 Å². The SMILES string of the molecule is NCCc1nccc(C2CCCSC2)n1. The quantitative estimate of drug-likeness (QED) is 0.845. The van der Waals surface area contributed by atoms with Gasteiger partial charge >= 0.3 is 0 Å². The maximum absolute atomic E-state index is 5.50. The fraction of sp³-hybridized carbons (Fsp3) is 0.636. The van der Waals surface area contributed by atoms with E-state index in [9.17, 15) is 0 Å². The third kappa shape index (κ3) is 2.92. The van der Waals surface area contributed by atoms with Gasteiger partial charge in [-0.25, -0.2) is 9.97 Å². The number of hydrogen-bond donors (Lipinski definition) is 1. The van der Waals surface area contributed by atoms with Crippen molar-refractivity contribution in [3.8, 4) is 0 Å². The number of rotatable bonds is 3. The Morgan fingerprint density at radius 3 is 3.20 bits per heavy atom. The van der Waals surface area contributed by atoms with Gasteiger partial charge in [0.15, 0.2) is 0 Å². The Kier molecular flexibility index (Phi) is 3.97. The van der Waals surface area contributed by atoms with Crippen LogP contribution in [-0.4, -0.2) is 28.0 Å². The van der Waals surface area contributed by atoms with E-state index in [0.29, 0.717) is 12.5 Å². The van der Waals surface area contributed by atoms with Crippen molar-refractivity contribution in [3.05, 3.63) is 23.8 Å². The summed E-state index contributed by atoms with van der Waals surface area (Å²) in [5, 5.41) is 0. The molecule has 0 spiro atoms. The molecule has 0 aliphatic carbocycles. The molecule has 82 valence electrons. The average Bonchev–Trinajstić information content (AvgIpc) is 2.31. The molecule has 0 saturated carbocycles. The van der Waals surface area contributed by atoms with E-state index in [-0.39, 0.29) is 0 Å². The Hall–Kier alpha value is -0.610. The fourth-order valence-corrected chi connectivity index (χ4v) is 3.03. The van der Waals surface area contributed by atoms with Gasteiger partial charge in [0.1, 0.15) is 5.82 Å². The molecule has 1 saturated heterocycles. The van der Waals surface area contributed by atoms with Gasteiger partial charge < -0.3 is 5.73 Å². The number of hydrogen-bond acceptors (Lipinski definition) is 4. The Balaban J connectivity index is 2.09. The predicted molar refractivity (Wildman–Crippen MR) is 64.1 cm³/mol. The molecule has 2 heterocycles. The topological polar surface area (TPSA) is 51.8 Å². The lowest BCUT2D eigenvalue weighted by molar-refractivity contribution is 0.635. The number of aromatic nitrogens is 2. The van der Waals surface area contributed by atoms with Crippen molar-refractivity contribution in [2.75, 3.05) is 18.1 Å².